The molecule has 3 aromatic rings. The SMILES string of the molecule is CNC(=O)Nc1cc(-c2cccc(C(N)=O)c2C)nn2ccnc12. The molecule has 0 aliphatic heterocycles. The molecule has 3 rings (SSSR count). The summed E-state index contributed by atoms with van der Waals surface area (Å²) in [6, 6.07) is 6.61. The Hall–Kier alpha value is -3.42. The number of amides is 3. The van der Waals surface area contributed by atoms with Crippen LogP contribution in [0.3, 0.4) is 0 Å². The molecule has 122 valence electrons. The summed E-state index contributed by atoms with van der Waals surface area (Å²) in [5.41, 5.74) is 8.93. The van der Waals surface area contributed by atoms with E-state index < -0.39 is 5.91 Å². The third-order valence-electron chi connectivity index (χ3n) is 3.71. The lowest BCUT2D eigenvalue weighted by atomic mass is 9.99. The maximum atomic E-state index is 11.7. The van der Waals surface area contributed by atoms with E-state index in [1.54, 1.807) is 42.0 Å². The minimum absolute atomic E-state index is 0.361. The summed E-state index contributed by atoms with van der Waals surface area (Å²) in [6.45, 7) is 1.81. The van der Waals surface area contributed by atoms with Gasteiger partial charge in [0.25, 0.3) is 0 Å². The second-order valence-corrected chi connectivity index (χ2v) is 5.19. The van der Waals surface area contributed by atoms with E-state index in [1.165, 1.54) is 7.05 Å². The quantitative estimate of drug-likeness (QED) is 0.678. The number of hydrogen-bond donors (Lipinski definition) is 3. The van der Waals surface area contributed by atoms with Gasteiger partial charge in [0.1, 0.15) is 0 Å². The van der Waals surface area contributed by atoms with E-state index in [-0.39, 0.29) is 6.03 Å². The Morgan fingerprint density at radius 2 is 2.08 bits per heavy atom. The van der Waals surface area contributed by atoms with Crippen LogP contribution in [0, 0.1) is 6.92 Å². The van der Waals surface area contributed by atoms with Crippen molar-refractivity contribution in [3.8, 4) is 11.3 Å². The highest BCUT2D eigenvalue weighted by Crippen LogP contribution is 2.27. The van der Waals surface area contributed by atoms with Crippen molar-refractivity contribution in [1.82, 2.24) is 19.9 Å². The number of hydrogen-bond acceptors (Lipinski definition) is 4. The van der Waals surface area contributed by atoms with Gasteiger partial charge in [-0.25, -0.2) is 14.3 Å². The molecule has 0 bridgehead atoms. The molecule has 0 atom stereocenters. The zero-order valence-corrected chi connectivity index (χ0v) is 13.2. The third kappa shape index (κ3) is 2.65. The fourth-order valence-corrected chi connectivity index (χ4v) is 2.51. The number of fused-ring (bicyclic) bond motifs is 1. The van der Waals surface area contributed by atoms with Gasteiger partial charge >= 0.3 is 6.03 Å². The van der Waals surface area contributed by atoms with Gasteiger partial charge in [-0.05, 0) is 24.6 Å². The molecule has 8 nitrogen and oxygen atoms in total. The van der Waals surface area contributed by atoms with E-state index >= 15 is 0 Å². The number of nitrogens with zero attached hydrogens (tertiary/aromatic N) is 3. The van der Waals surface area contributed by atoms with Crippen LogP contribution in [-0.4, -0.2) is 33.6 Å². The monoisotopic (exact) mass is 324 g/mol. The smallest absolute Gasteiger partial charge is 0.319 e. The Balaban J connectivity index is 2.19. The fraction of sp³-hybridized carbons (Fsp3) is 0.125. The molecule has 2 aromatic heterocycles. The van der Waals surface area contributed by atoms with Crippen LogP contribution in [0.25, 0.3) is 16.9 Å². The molecule has 4 N–H and O–H groups in total. The number of primary amides is 1. The molecule has 0 aliphatic rings. The molecule has 0 radical (unpaired) electrons. The van der Waals surface area contributed by atoms with Gasteiger partial charge in [0.05, 0.1) is 11.4 Å². The molecule has 24 heavy (non-hydrogen) atoms. The van der Waals surface area contributed by atoms with Crippen molar-refractivity contribution in [2.75, 3.05) is 12.4 Å². The summed E-state index contributed by atoms with van der Waals surface area (Å²) < 4.78 is 1.57. The first-order valence-corrected chi connectivity index (χ1v) is 7.24. The van der Waals surface area contributed by atoms with Gasteiger partial charge in [0.15, 0.2) is 5.65 Å². The average Bonchev–Trinajstić information content (AvgIpc) is 3.03. The van der Waals surface area contributed by atoms with Crippen LogP contribution in [-0.2, 0) is 0 Å². The Bertz CT molecular complexity index is 947. The fourth-order valence-electron chi connectivity index (χ4n) is 2.51. The van der Waals surface area contributed by atoms with Crippen molar-refractivity contribution in [1.29, 1.82) is 0 Å². The molecular formula is C16H16N6O2. The molecule has 8 heteroatoms. The molecule has 0 unspecified atom stereocenters. The van der Waals surface area contributed by atoms with Gasteiger partial charge in [-0.3, -0.25) is 4.79 Å². The largest absolute Gasteiger partial charge is 0.366 e. The van der Waals surface area contributed by atoms with Crippen LogP contribution < -0.4 is 16.4 Å². The van der Waals surface area contributed by atoms with Crippen molar-refractivity contribution in [3.63, 3.8) is 0 Å². The van der Waals surface area contributed by atoms with Crippen LogP contribution in [0.5, 0.6) is 0 Å². The number of nitrogens with two attached hydrogens (primary N) is 1. The lowest BCUT2D eigenvalue weighted by molar-refractivity contribution is 0.0999. The van der Waals surface area contributed by atoms with E-state index in [4.69, 9.17) is 5.73 Å². The molecule has 0 saturated carbocycles. The molecule has 0 spiro atoms. The van der Waals surface area contributed by atoms with Gasteiger partial charge in [0.2, 0.25) is 5.91 Å². The lowest BCUT2D eigenvalue weighted by Gasteiger charge is -2.12. The average molecular weight is 324 g/mol. The second-order valence-electron chi connectivity index (χ2n) is 5.19. The summed E-state index contributed by atoms with van der Waals surface area (Å²) >= 11 is 0. The summed E-state index contributed by atoms with van der Waals surface area (Å²) in [5, 5.41) is 9.71. The number of carbonyl (C=O) groups is 2. The number of aromatic nitrogens is 3. The van der Waals surface area contributed by atoms with Crippen molar-refractivity contribution in [3.05, 3.63) is 47.8 Å². The number of rotatable bonds is 3. The molecule has 0 saturated heterocycles. The van der Waals surface area contributed by atoms with Crippen LogP contribution >= 0.6 is 0 Å². The number of carbonyl (C=O) groups excluding carboxylic acids is 2. The standard InChI is InChI=1S/C16H16N6O2/c1-9-10(4-3-5-11(9)14(17)23)12-8-13(20-16(24)18-2)15-19-6-7-22(15)21-12/h3-8H,1-2H3,(H2,17,23)(H2,18,20,24). The number of imidazole rings is 1. The van der Waals surface area contributed by atoms with Crippen molar-refractivity contribution < 1.29 is 9.59 Å². The predicted octanol–water partition coefficient (Wildman–Crippen LogP) is 1.55. The zero-order valence-electron chi connectivity index (χ0n) is 13.2. The van der Waals surface area contributed by atoms with E-state index in [0.717, 1.165) is 11.1 Å². The second kappa shape index (κ2) is 5.99. The minimum atomic E-state index is -0.498. The van der Waals surface area contributed by atoms with Crippen molar-refractivity contribution in [2.45, 2.75) is 6.92 Å². The topological polar surface area (TPSA) is 114 Å². The normalized spacial score (nSPS) is 10.6. The highest BCUT2D eigenvalue weighted by molar-refractivity contribution is 5.97. The van der Waals surface area contributed by atoms with Crippen molar-refractivity contribution in [2.24, 2.45) is 5.73 Å². The third-order valence-corrected chi connectivity index (χ3v) is 3.71. The first-order chi connectivity index (χ1) is 11.5. The maximum Gasteiger partial charge on any atom is 0.319 e. The van der Waals surface area contributed by atoms with Crippen molar-refractivity contribution >= 4 is 23.3 Å². The summed E-state index contributed by atoms with van der Waals surface area (Å²) in [4.78, 5) is 27.4. The summed E-state index contributed by atoms with van der Waals surface area (Å²) in [7, 11) is 1.53. The zero-order chi connectivity index (χ0) is 17.3. The van der Waals surface area contributed by atoms with E-state index in [0.29, 0.717) is 22.6 Å². The molecule has 0 aliphatic carbocycles. The molecule has 3 amide bonds. The Labute approximate surface area is 137 Å². The van der Waals surface area contributed by atoms with E-state index in [2.05, 4.69) is 20.7 Å². The highest BCUT2D eigenvalue weighted by Gasteiger charge is 2.15. The predicted molar refractivity (Wildman–Crippen MR) is 89.8 cm³/mol. The van der Waals surface area contributed by atoms with Crippen LogP contribution in [0.2, 0.25) is 0 Å². The number of nitrogens with one attached hydrogen (secondary N) is 2. The van der Waals surface area contributed by atoms with Crippen LogP contribution in [0.15, 0.2) is 36.7 Å². The molecule has 2 heterocycles. The number of anilines is 1. The minimum Gasteiger partial charge on any atom is -0.366 e. The lowest BCUT2D eigenvalue weighted by Crippen LogP contribution is -2.25. The Morgan fingerprint density at radius 1 is 1.29 bits per heavy atom. The van der Waals surface area contributed by atoms with Gasteiger partial charge in [-0.2, -0.15) is 5.10 Å². The number of urea groups is 1. The van der Waals surface area contributed by atoms with Gasteiger partial charge in [0, 0.05) is 30.6 Å². The van der Waals surface area contributed by atoms with Gasteiger partial charge < -0.3 is 16.4 Å². The molecule has 1 aromatic carbocycles. The number of benzene rings is 1. The van der Waals surface area contributed by atoms with Crippen LogP contribution in [0.4, 0.5) is 10.5 Å². The van der Waals surface area contributed by atoms with Crippen LogP contribution in [0.1, 0.15) is 15.9 Å². The summed E-state index contributed by atoms with van der Waals surface area (Å²) in [6.07, 6.45) is 3.27. The Morgan fingerprint density at radius 3 is 2.79 bits per heavy atom. The first-order valence-electron chi connectivity index (χ1n) is 7.24. The van der Waals surface area contributed by atoms with Gasteiger partial charge in [-0.1, -0.05) is 12.1 Å². The van der Waals surface area contributed by atoms with E-state index in [1.807, 2.05) is 6.07 Å². The Kier molecular flexibility index (Phi) is 3.87. The first kappa shape index (κ1) is 15.5. The maximum absolute atomic E-state index is 11.7. The molecular weight excluding hydrogens is 308 g/mol. The molecule has 0 fully saturated rings. The summed E-state index contributed by atoms with van der Waals surface area (Å²) in [5.74, 6) is -0.498. The van der Waals surface area contributed by atoms with Gasteiger partial charge in [-0.15, -0.1) is 0 Å². The van der Waals surface area contributed by atoms with E-state index in [9.17, 15) is 9.59 Å². The highest BCUT2D eigenvalue weighted by atomic mass is 16.2.